The van der Waals surface area contributed by atoms with Gasteiger partial charge in [0.1, 0.15) is 0 Å². The standard InChI is InChI=1S/C10H12BrNO/c1-3-10(13)9-4-7(2)12-6-8(9)5-11/h4,6H,3,5H2,1-2H3. The molecule has 1 rings (SSSR count). The van der Waals surface area contributed by atoms with Gasteiger partial charge in [-0.2, -0.15) is 0 Å². The van der Waals surface area contributed by atoms with Crippen LogP contribution < -0.4 is 0 Å². The van der Waals surface area contributed by atoms with E-state index in [1.807, 2.05) is 19.9 Å². The average molecular weight is 242 g/mol. The number of rotatable bonds is 3. The summed E-state index contributed by atoms with van der Waals surface area (Å²) in [6, 6.07) is 1.85. The van der Waals surface area contributed by atoms with Crippen LogP contribution in [0.15, 0.2) is 12.3 Å². The molecular formula is C10H12BrNO. The minimum Gasteiger partial charge on any atom is -0.294 e. The highest BCUT2D eigenvalue weighted by molar-refractivity contribution is 9.08. The van der Waals surface area contributed by atoms with Gasteiger partial charge in [0.15, 0.2) is 5.78 Å². The lowest BCUT2D eigenvalue weighted by atomic mass is 10.0. The largest absolute Gasteiger partial charge is 0.294 e. The molecule has 0 aliphatic heterocycles. The van der Waals surface area contributed by atoms with E-state index in [-0.39, 0.29) is 5.78 Å². The van der Waals surface area contributed by atoms with E-state index in [4.69, 9.17) is 0 Å². The third-order valence-corrected chi connectivity index (χ3v) is 2.49. The topological polar surface area (TPSA) is 30.0 Å². The van der Waals surface area contributed by atoms with E-state index < -0.39 is 0 Å². The molecule has 0 unspecified atom stereocenters. The maximum Gasteiger partial charge on any atom is 0.163 e. The van der Waals surface area contributed by atoms with Gasteiger partial charge in [-0.25, -0.2) is 0 Å². The van der Waals surface area contributed by atoms with E-state index >= 15 is 0 Å². The second-order valence-corrected chi connectivity index (χ2v) is 3.45. The average Bonchev–Trinajstić information content (AvgIpc) is 2.16. The van der Waals surface area contributed by atoms with Gasteiger partial charge in [0, 0.05) is 29.2 Å². The quantitative estimate of drug-likeness (QED) is 0.602. The highest BCUT2D eigenvalue weighted by Crippen LogP contribution is 2.14. The lowest BCUT2D eigenvalue weighted by Gasteiger charge is -2.04. The van der Waals surface area contributed by atoms with Crippen molar-refractivity contribution in [1.29, 1.82) is 0 Å². The van der Waals surface area contributed by atoms with E-state index in [0.717, 1.165) is 16.8 Å². The number of pyridine rings is 1. The lowest BCUT2D eigenvalue weighted by Crippen LogP contribution is -2.02. The molecule has 0 bridgehead atoms. The molecule has 0 spiro atoms. The van der Waals surface area contributed by atoms with Gasteiger partial charge in [-0.15, -0.1) is 0 Å². The van der Waals surface area contributed by atoms with Crippen LogP contribution in [0.2, 0.25) is 0 Å². The summed E-state index contributed by atoms with van der Waals surface area (Å²) in [5, 5.41) is 0.682. The summed E-state index contributed by atoms with van der Waals surface area (Å²) < 4.78 is 0. The molecule has 0 fully saturated rings. The van der Waals surface area contributed by atoms with E-state index in [1.54, 1.807) is 6.20 Å². The number of ketones is 1. The van der Waals surface area contributed by atoms with Gasteiger partial charge in [0.2, 0.25) is 0 Å². The van der Waals surface area contributed by atoms with Gasteiger partial charge in [0.05, 0.1) is 0 Å². The van der Waals surface area contributed by atoms with Crippen molar-refractivity contribution in [2.45, 2.75) is 25.6 Å². The molecule has 1 aromatic heterocycles. The van der Waals surface area contributed by atoms with Crippen molar-refractivity contribution in [1.82, 2.24) is 4.98 Å². The minimum atomic E-state index is 0.181. The predicted molar refractivity (Wildman–Crippen MR) is 56.2 cm³/mol. The molecule has 1 aromatic rings. The third-order valence-electron chi connectivity index (χ3n) is 1.89. The number of carbonyl (C=O) groups excluding carboxylic acids is 1. The predicted octanol–water partition coefficient (Wildman–Crippen LogP) is 2.88. The molecule has 0 saturated heterocycles. The zero-order valence-corrected chi connectivity index (χ0v) is 9.39. The van der Waals surface area contributed by atoms with Gasteiger partial charge < -0.3 is 0 Å². The van der Waals surface area contributed by atoms with Crippen LogP contribution in [0.4, 0.5) is 0 Å². The number of carbonyl (C=O) groups is 1. The van der Waals surface area contributed by atoms with Crippen molar-refractivity contribution in [3.05, 3.63) is 29.1 Å². The Morgan fingerprint density at radius 1 is 1.62 bits per heavy atom. The van der Waals surface area contributed by atoms with Crippen LogP contribution in [0.25, 0.3) is 0 Å². The summed E-state index contributed by atoms with van der Waals surface area (Å²) in [5.41, 5.74) is 2.66. The van der Waals surface area contributed by atoms with E-state index in [1.165, 1.54) is 0 Å². The van der Waals surface area contributed by atoms with Gasteiger partial charge in [-0.05, 0) is 18.6 Å². The van der Waals surface area contributed by atoms with Crippen LogP contribution >= 0.6 is 15.9 Å². The first kappa shape index (κ1) is 10.4. The van der Waals surface area contributed by atoms with Crippen LogP contribution in [-0.2, 0) is 5.33 Å². The second-order valence-electron chi connectivity index (χ2n) is 2.89. The maximum atomic E-state index is 11.5. The first-order valence-electron chi connectivity index (χ1n) is 4.23. The summed E-state index contributed by atoms with van der Waals surface area (Å²) in [4.78, 5) is 15.6. The molecular weight excluding hydrogens is 230 g/mol. The Balaban J connectivity index is 3.15. The number of aryl methyl sites for hydroxylation is 1. The number of halogens is 1. The fourth-order valence-corrected chi connectivity index (χ4v) is 1.59. The summed E-state index contributed by atoms with van der Waals surface area (Å²) in [6.07, 6.45) is 2.30. The second kappa shape index (κ2) is 4.51. The molecule has 1 heterocycles. The Bertz CT molecular complexity index is 323. The number of hydrogen-bond acceptors (Lipinski definition) is 2. The van der Waals surface area contributed by atoms with Crippen molar-refractivity contribution in [3.63, 3.8) is 0 Å². The molecule has 0 aliphatic carbocycles. The number of hydrogen-bond donors (Lipinski definition) is 0. The molecule has 0 atom stereocenters. The Hall–Kier alpha value is -0.700. The molecule has 0 N–H and O–H groups in total. The van der Waals surface area contributed by atoms with Crippen molar-refractivity contribution < 1.29 is 4.79 Å². The fraction of sp³-hybridized carbons (Fsp3) is 0.400. The van der Waals surface area contributed by atoms with Gasteiger partial charge in [-0.3, -0.25) is 9.78 Å². The molecule has 13 heavy (non-hydrogen) atoms. The van der Waals surface area contributed by atoms with Crippen molar-refractivity contribution in [3.8, 4) is 0 Å². The lowest BCUT2D eigenvalue weighted by molar-refractivity contribution is 0.0987. The molecule has 2 nitrogen and oxygen atoms in total. The monoisotopic (exact) mass is 241 g/mol. The van der Waals surface area contributed by atoms with Crippen LogP contribution in [0, 0.1) is 6.92 Å². The Morgan fingerprint density at radius 3 is 2.85 bits per heavy atom. The van der Waals surface area contributed by atoms with Gasteiger partial charge >= 0.3 is 0 Å². The molecule has 70 valence electrons. The van der Waals surface area contributed by atoms with Gasteiger partial charge in [0.25, 0.3) is 0 Å². The fourth-order valence-electron chi connectivity index (χ4n) is 1.14. The van der Waals surface area contributed by atoms with Crippen LogP contribution in [0.5, 0.6) is 0 Å². The van der Waals surface area contributed by atoms with Crippen LogP contribution in [0.3, 0.4) is 0 Å². The Kier molecular flexibility index (Phi) is 3.60. The molecule has 0 aliphatic rings. The number of aromatic nitrogens is 1. The summed E-state index contributed by atoms with van der Waals surface area (Å²) in [7, 11) is 0. The van der Waals surface area contributed by atoms with E-state index in [0.29, 0.717) is 11.8 Å². The zero-order chi connectivity index (χ0) is 9.84. The van der Waals surface area contributed by atoms with Crippen molar-refractivity contribution in [2.24, 2.45) is 0 Å². The molecule has 0 amide bonds. The third kappa shape index (κ3) is 2.37. The SMILES string of the molecule is CCC(=O)c1cc(C)ncc1CBr. The minimum absolute atomic E-state index is 0.181. The van der Waals surface area contributed by atoms with Gasteiger partial charge in [-0.1, -0.05) is 22.9 Å². The number of alkyl halides is 1. The van der Waals surface area contributed by atoms with Crippen molar-refractivity contribution >= 4 is 21.7 Å². The first-order chi connectivity index (χ1) is 6.19. The molecule has 0 saturated carbocycles. The maximum absolute atomic E-state index is 11.5. The highest BCUT2D eigenvalue weighted by atomic mass is 79.9. The molecule has 0 radical (unpaired) electrons. The van der Waals surface area contributed by atoms with E-state index in [9.17, 15) is 4.79 Å². The number of nitrogens with zero attached hydrogens (tertiary/aromatic N) is 1. The summed E-state index contributed by atoms with van der Waals surface area (Å²) in [5.74, 6) is 0.181. The van der Waals surface area contributed by atoms with Crippen molar-refractivity contribution in [2.75, 3.05) is 0 Å². The first-order valence-corrected chi connectivity index (χ1v) is 5.35. The Morgan fingerprint density at radius 2 is 2.31 bits per heavy atom. The highest BCUT2D eigenvalue weighted by Gasteiger charge is 2.09. The van der Waals surface area contributed by atoms with Crippen LogP contribution in [-0.4, -0.2) is 10.8 Å². The molecule has 3 heteroatoms. The Labute approximate surface area is 86.5 Å². The zero-order valence-electron chi connectivity index (χ0n) is 7.80. The van der Waals surface area contributed by atoms with E-state index in [2.05, 4.69) is 20.9 Å². The summed E-state index contributed by atoms with van der Waals surface area (Å²) in [6.45, 7) is 3.76. The summed E-state index contributed by atoms with van der Waals surface area (Å²) >= 11 is 3.34. The smallest absolute Gasteiger partial charge is 0.163 e. The normalized spacial score (nSPS) is 10.1. The molecule has 0 aromatic carbocycles. The van der Waals surface area contributed by atoms with Crippen LogP contribution in [0.1, 0.15) is 35.0 Å². The number of Topliss-reactive ketones (excluding diaryl/α,β-unsaturated/α-hetero) is 1.